The minimum absolute atomic E-state index is 0.0672. The molecule has 1 saturated heterocycles. The largest absolute Gasteiger partial charge is 0.379 e. The van der Waals surface area contributed by atoms with E-state index in [0.29, 0.717) is 25.4 Å². The van der Waals surface area contributed by atoms with Gasteiger partial charge in [-0.25, -0.2) is 8.42 Å². The van der Waals surface area contributed by atoms with E-state index in [9.17, 15) is 8.42 Å². The van der Waals surface area contributed by atoms with E-state index in [0.717, 1.165) is 18.7 Å². The van der Waals surface area contributed by atoms with Gasteiger partial charge in [0.25, 0.3) is 0 Å². The lowest BCUT2D eigenvalue weighted by molar-refractivity contribution is 0.0408. The number of morpholine rings is 1. The number of ether oxygens (including phenoxy) is 1. The Morgan fingerprint density at radius 3 is 2.59 bits per heavy atom. The molecule has 0 unspecified atom stereocenters. The molecule has 7 heteroatoms. The van der Waals surface area contributed by atoms with Crippen LogP contribution in [0.1, 0.15) is 26.3 Å². The average Bonchev–Trinajstić information content (AvgIpc) is 2.45. The summed E-state index contributed by atoms with van der Waals surface area (Å²) < 4.78 is 32.3. The number of nitrogens with one attached hydrogen (secondary N) is 1. The number of nitrogens with zero attached hydrogens (tertiary/aromatic N) is 2. The smallest absolute Gasteiger partial charge is 0.234 e. The Hall–Kier alpha value is -1.18. The van der Waals surface area contributed by atoms with Crippen molar-refractivity contribution in [3.8, 4) is 0 Å². The van der Waals surface area contributed by atoms with Gasteiger partial charge in [-0.3, -0.25) is 14.6 Å². The second-order valence-electron chi connectivity index (χ2n) is 6.59. The Labute approximate surface area is 132 Å². The number of aromatic nitrogens is 1. The molecule has 22 heavy (non-hydrogen) atoms. The molecule has 0 spiro atoms. The van der Waals surface area contributed by atoms with Crippen molar-refractivity contribution in [1.82, 2.24) is 9.88 Å². The first-order chi connectivity index (χ1) is 10.3. The van der Waals surface area contributed by atoms with E-state index in [-0.39, 0.29) is 11.2 Å². The number of hydrogen-bond acceptors (Lipinski definition) is 5. The van der Waals surface area contributed by atoms with Crippen LogP contribution in [0.4, 0.5) is 5.69 Å². The fourth-order valence-corrected chi connectivity index (χ4v) is 3.28. The predicted octanol–water partition coefficient (Wildman–Crippen LogP) is 1.45. The van der Waals surface area contributed by atoms with Crippen LogP contribution in [-0.2, 0) is 20.2 Å². The Morgan fingerprint density at radius 2 is 1.95 bits per heavy atom. The van der Waals surface area contributed by atoms with Gasteiger partial charge in [-0.1, -0.05) is 20.8 Å². The second-order valence-corrected chi connectivity index (χ2v) is 8.43. The van der Waals surface area contributed by atoms with Gasteiger partial charge in [-0.05, 0) is 17.0 Å². The van der Waals surface area contributed by atoms with Gasteiger partial charge in [0.15, 0.2) is 0 Å². The highest BCUT2D eigenvalue weighted by molar-refractivity contribution is 7.92. The molecule has 0 aromatic carbocycles. The summed E-state index contributed by atoms with van der Waals surface area (Å²) in [6.07, 6.45) is 3.31. The van der Waals surface area contributed by atoms with Crippen molar-refractivity contribution in [2.75, 3.05) is 43.3 Å². The molecule has 0 bridgehead atoms. The van der Waals surface area contributed by atoms with E-state index in [1.165, 1.54) is 0 Å². The Balaban J connectivity index is 1.96. The molecule has 124 valence electrons. The van der Waals surface area contributed by atoms with Gasteiger partial charge < -0.3 is 4.74 Å². The molecule has 1 aromatic rings. The van der Waals surface area contributed by atoms with Gasteiger partial charge in [0, 0.05) is 25.8 Å². The molecule has 6 nitrogen and oxygen atoms in total. The molecule has 1 fully saturated rings. The van der Waals surface area contributed by atoms with Crippen molar-refractivity contribution in [1.29, 1.82) is 0 Å². The molecule has 0 atom stereocenters. The highest BCUT2D eigenvalue weighted by Crippen LogP contribution is 2.23. The van der Waals surface area contributed by atoms with Crippen LogP contribution in [-0.4, -0.2) is 56.9 Å². The summed E-state index contributed by atoms with van der Waals surface area (Å²) >= 11 is 0. The molecule has 0 radical (unpaired) electrons. The third-order valence-electron chi connectivity index (χ3n) is 3.66. The van der Waals surface area contributed by atoms with Crippen LogP contribution in [0.25, 0.3) is 0 Å². The molecular weight excluding hydrogens is 302 g/mol. The summed E-state index contributed by atoms with van der Waals surface area (Å²) in [4.78, 5) is 6.24. The molecule has 1 aliphatic heterocycles. The summed E-state index contributed by atoms with van der Waals surface area (Å²) in [5, 5.41) is 0. The van der Waals surface area contributed by atoms with E-state index in [1.807, 2.05) is 6.07 Å². The van der Waals surface area contributed by atoms with E-state index in [1.54, 1.807) is 12.4 Å². The average molecular weight is 327 g/mol. The quantitative estimate of drug-likeness (QED) is 0.886. The van der Waals surface area contributed by atoms with Crippen LogP contribution in [0, 0.1) is 0 Å². The zero-order valence-electron chi connectivity index (χ0n) is 13.5. The fourth-order valence-electron chi connectivity index (χ4n) is 2.21. The lowest BCUT2D eigenvalue weighted by Crippen LogP contribution is -2.39. The van der Waals surface area contributed by atoms with Gasteiger partial charge in [-0.15, -0.1) is 0 Å². The zero-order chi connectivity index (χ0) is 16.2. The van der Waals surface area contributed by atoms with Gasteiger partial charge >= 0.3 is 0 Å². The summed E-state index contributed by atoms with van der Waals surface area (Å²) in [7, 11) is -3.37. The number of pyridine rings is 1. The molecular formula is C15H25N3O3S. The minimum atomic E-state index is -3.37. The standard InChI is InChI=1S/C15H25N3O3S/c1-15(2,3)13-10-14(12-16-11-13)17-22(19,20)9-6-18-4-7-21-8-5-18/h10-12,17H,4-9H2,1-3H3. The summed E-state index contributed by atoms with van der Waals surface area (Å²) in [5.41, 5.74) is 1.46. The Morgan fingerprint density at radius 1 is 1.27 bits per heavy atom. The maximum atomic E-state index is 12.2. The highest BCUT2D eigenvalue weighted by atomic mass is 32.2. The third-order valence-corrected chi connectivity index (χ3v) is 4.92. The first-order valence-electron chi connectivity index (χ1n) is 7.52. The van der Waals surface area contributed by atoms with Gasteiger partial charge in [0.1, 0.15) is 0 Å². The molecule has 0 aliphatic carbocycles. The van der Waals surface area contributed by atoms with Gasteiger partial charge in [0.2, 0.25) is 10.0 Å². The van der Waals surface area contributed by atoms with Crippen molar-refractivity contribution in [3.63, 3.8) is 0 Å². The van der Waals surface area contributed by atoms with Crippen LogP contribution in [0.3, 0.4) is 0 Å². The second kappa shape index (κ2) is 6.93. The molecule has 0 saturated carbocycles. The SMILES string of the molecule is CC(C)(C)c1cncc(NS(=O)(=O)CCN2CCOCC2)c1. The van der Waals surface area contributed by atoms with Gasteiger partial charge in [0.05, 0.1) is 30.9 Å². The van der Waals surface area contributed by atoms with E-state index < -0.39 is 10.0 Å². The van der Waals surface area contributed by atoms with Crippen LogP contribution < -0.4 is 4.72 Å². The van der Waals surface area contributed by atoms with E-state index in [4.69, 9.17) is 4.74 Å². The summed E-state index contributed by atoms with van der Waals surface area (Å²) in [5.74, 6) is 0.0761. The first-order valence-corrected chi connectivity index (χ1v) is 9.18. The Bertz CT molecular complexity index is 590. The lowest BCUT2D eigenvalue weighted by atomic mass is 9.88. The van der Waals surface area contributed by atoms with Crippen LogP contribution in [0.15, 0.2) is 18.5 Å². The maximum absolute atomic E-state index is 12.2. The van der Waals surface area contributed by atoms with Crippen molar-refractivity contribution in [3.05, 3.63) is 24.0 Å². The summed E-state index contributed by atoms with van der Waals surface area (Å²) in [6, 6.07) is 1.85. The molecule has 2 heterocycles. The highest BCUT2D eigenvalue weighted by Gasteiger charge is 2.18. The van der Waals surface area contributed by atoms with Crippen molar-refractivity contribution in [2.45, 2.75) is 26.2 Å². The number of sulfonamides is 1. The van der Waals surface area contributed by atoms with Crippen molar-refractivity contribution >= 4 is 15.7 Å². The fraction of sp³-hybridized carbons (Fsp3) is 0.667. The monoisotopic (exact) mass is 327 g/mol. The number of rotatable bonds is 5. The van der Waals surface area contributed by atoms with E-state index in [2.05, 4.69) is 35.4 Å². The normalized spacial score (nSPS) is 17.4. The molecule has 0 amide bonds. The van der Waals surface area contributed by atoms with Crippen LogP contribution in [0.2, 0.25) is 0 Å². The van der Waals surface area contributed by atoms with Crippen LogP contribution in [0.5, 0.6) is 0 Å². The van der Waals surface area contributed by atoms with E-state index >= 15 is 0 Å². The molecule has 2 rings (SSSR count). The molecule has 1 aliphatic rings. The van der Waals surface area contributed by atoms with Crippen molar-refractivity contribution < 1.29 is 13.2 Å². The zero-order valence-corrected chi connectivity index (χ0v) is 14.3. The van der Waals surface area contributed by atoms with Gasteiger partial charge in [-0.2, -0.15) is 0 Å². The number of hydrogen-bond donors (Lipinski definition) is 1. The van der Waals surface area contributed by atoms with Crippen molar-refractivity contribution in [2.24, 2.45) is 0 Å². The summed E-state index contributed by atoms with van der Waals surface area (Å²) in [6.45, 7) is 9.65. The molecule has 1 aromatic heterocycles. The maximum Gasteiger partial charge on any atom is 0.234 e. The lowest BCUT2D eigenvalue weighted by Gasteiger charge is -2.26. The Kier molecular flexibility index (Phi) is 5.41. The predicted molar refractivity (Wildman–Crippen MR) is 87.6 cm³/mol. The topological polar surface area (TPSA) is 71.5 Å². The minimum Gasteiger partial charge on any atom is -0.379 e. The number of anilines is 1. The molecule has 1 N–H and O–H groups in total. The first kappa shape index (κ1) is 17.2. The van der Waals surface area contributed by atoms with Crippen LogP contribution >= 0.6 is 0 Å². The third kappa shape index (κ3) is 5.23.